The highest BCUT2D eigenvalue weighted by molar-refractivity contribution is 7.19. The highest BCUT2D eigenvalue weighted by Crippen LogP contribution is 2.49. The van der Waals surface area contributed by atoms with Crippen molar-refractivity contribution in [3.63, 3.8) is 0 Å². The van der Waals surface area contributed by atoms with Crippen LogP contribution in [0.4, 0.5) is 22.0 Å². The standard InChI is InChI=1S/C37H46F5N3OS.C8H15N.C4H6O/c1-10-14-30(46-9)44-34-26(23(8)45(13-4)24(12-3)16-15-22(7)11-2)19-28(37(40,41)42)32(33(34)39)25-17-18-29(38)36-31(25)27(20-43)35(47-36)21(5)6;1-7-5-8-3-2-4-9(8)6-7;1-3-4(2)5/h14,17-19,21-22,24H,10-13,15-16H2,1-9H3;7-8H,2-6H2,1H3;3H,1H2,2H3/b26-23+,30-14-,44-34+;;/t;7-,8?;/m.1./s1. The molecule has 3 heterocycles. The van der Waals surface area contributed by atoms with Crippen molar-refractivity contribution in [2.75, 3.05) is 26.7 Å². The average Bonchev–Trinajstić information content (AvgIpc) is 3.93. The van der Waals surface area contributed by atoms with Gasteiger partial charge in [0.15, 0.2) is 11.6 Å². The molecule has 1 aromatic heterocycles. The van der Waals surface area contributed by atoms with Crippen LogP contribution in [0.3, 0.4) is 0 Å². The van der Waals surface area contributed by atoms with E-state index >= 15 is 22.0 Å². The van der Waals surface area contributed by atoms with Crippen molar-refractivity contribution in [2.45, 2.75) is 145 Å². The monoisotopic (exact) mass is 870 g/mol. The largest absolute Gasteiger partial charge is 0.481 e. The lowest BCUT2D eigenvalue weighted by Gasteiger charge is -2.36. The molecule has 2 fully saturated rings. The molecule has 2 saturated heterocycles. The van der Waals surface area contributed by atoms with E-state index in [9.17, 15) is 10.1 Å². The van der Waals surface area contributed by atoms with Crippen molar-refractivity contribution in [1.82, 2.24) is 9.80 Å². The molecule has 0 N–H and O–H groups in total. The molecule has 0 saturated carbocycles. The maximum atomic E-state index is 17.2. The van der Waals surface area contributed by atoms with E-state index in [0.717, 1.165) is 67.2 Å². The molecular formula is C49H67F5N4O2S. The molecule has 61 heavy (non-hydrogen) atoms. The first kappa shape index (κ1) is 51.3. The summed E-state index contributed by atoms with van der Waals surface area (Å²) in [6.45, 7) is 25.8. The summed E-state index contributed by atoms with van der Waals surface area (Å²) >= 11 is 1.00. The summed E-state index contributed by atoms with van der Waals surface area (Å²) in [5, 5.41) is 10.1. The molecule has 1 aromatic carbocycles. The van der Waals surface area contributed by atoms with E-state index in [-0.39, 0.29) is 56.1 Å². The highest BCUT2D eigenvalue weighted by atomic mass is 32.1. The molecular weight excluding hydrogens is 804 g/mol. The number of ketones is 1. The van der Waals surface area contributed by atoms with E-state index in [4.69, 9.17) is 4.74 Å². The number of hydrogen-bond acceptors (Lipinski definition) is 7. The van der Waals surface area contributed by atoms with E-state index in [1.54, 1.807) is 13.0 Å². The third-order valence-electron chi connectivity index (χ3n) is 11.8. The van der Waals surface area contributed by atoms with Gasteiger partial charge in [0, 0.05) is 52.3 Å². The van der Waals surface area contributed by atoms with Crippen molar-refractivity contribution >= 4 is 38.5 Å². The van der Waals surface area contributed by atoms with Crippen LogP contribution in [-0.2, 0) is 9.53 Å². The Morgan fingerprint density at radius 1 is 1.13 bits per heavy atom. The summed E-state index contributed by atoms with van der Waals surface area (Å²) in [6.07, 6.45) is 7.30. The number of ether oxygens (including phenoxy) is 1. The lowest BCUT2D eigenvalue weighted by atomic mass is 9.84. The molecule has 0 radical (unpaired) electrons. The number of halogens is 5. The van der Waals surface area contributed by atoms with Crippen LogP contribution in [0, 0.1) is 29.0 Å². The number of nitrogens with zero attached hydrogens (tertiary/aromatic N) is 4. The molecule has 3 aliphatic rings. The first-order valence-electron chi connectivity index (χ1n) is 21.9. The van der Waals surface area contributed by atoms with Gasteiger partial charge in [-0.05, 0) is 120 Å². The Kier molecular flexibility index (Phi) is 19.7. The fraction of sp³-hybridized carbons (Fsp3) is 0.571. The lowest BCUT2D eigenvalue weighted by Crippen LogP contribution is -2.35. The van der Waals surface area contributed by atoms with Crippen LogP contribution >= 0.6 is 11.3 Å². The Morgan fingerprint density at radius 3 is 2.31 bits per heavy atom. The fourth-order valence-electron chi connectivity index (χ4n) is 8.41. The number of nitriles is 1. The van der Waals surface area contributed by atoms with Gasteiger partial charge >= 0.3 is 6.18 Å². The number of thiophene rings is 1. The number of allylic oxidation sites excluding steroid dienone is 8. The number of fused-ring (bicyclic) bond motifs is 2. The number of carbonyl (C=O) groups is 1. The highest BCUT2D eigenvalue weighted by Gasteiger charge is 2.43. The minimum Gasteiger partial charge on any atom is -0.481 e. The first-order valence-corrected chi connectivity index (χ1v) is 22.7. The number of alkyl halides is 3. The van der Waals surface area contributed by atoms with Gasteiger partial charge in [0.2, 0.25) is 5.88 Å². The van der Waals surface area contributed by atoms with Gasteiger partial charge in [-0.15, -0.1) is 11.3 Å². The van der Waals surface area contributed by atoms with Crippen molar-refractivity contribution in [3.8, 4) is 6.07 Å². The number of methoxy groups -OCH3 is 1. The lowest BCUT2D eigenvalue weighted by molar-refractivity contribution is -0.112. The minimum absolute atomic E-state index is 0.00600. The molecule has 3 unspecified atom stereocenters. The summed E-state index contributed by atoms with van der Waals surface area (Å²) in [5.41, 5.74) is -2.02. The quantitative estimate of drug-likeness (QED) is 0.107. The zero-order valence-electron chi connectivity index (χ0n) is 38.2. The Bertz CT molecular complexity index is 2040. The fourth-order valence-corrected chi connectivity index (χ4v) is 9.60. The normalized spacial score (nSPS) is 20.6. The third kappa shape index (κ3) is 12.8. The average molecular weight is 871 g/mol. The molecule has 2 aromatic rings. The van der Waals surface area contributed by atoms with Gasteiger partial charge < -0.3 is 14.5 Å². The van der Waals surface area contributed by atoms with Crippen LogP contribution in [0.5, 0.6) is 0 Å². The Morgan fingerprint density at radius 2 is 1.80 bits per heavy atom. The topological polar surface area (TPSA) is 68.9 Å². The minimum atomic E-state index is -4.99. The van der Waals surface area contributed by atoms with Gasteiger partial charge in [0.25, 0.3) is 0 Å². The maximum Gasteiger partial charge on any atom is 0.417 e. The summed E-state index contributed by atoms with van der Waals surface area (Å²) < 4.78 is 83.1. The number of aliphatic imine (C=N–C) groups is 1. The van der Waals surface area contributed by atoms with Crippen molar-refractivity contribution in [3.05, 3.63) is 87.3 Å². The van der Waals surface area contributed by atoms with E-state index in [1.165, 1.54) is 52.5 Å². The second-order valence-corrected chi connectivity index (χ2v) is 17.7. The van der Waals surface area contributed by atoms with Gasteiger partial charge in [0.05, 0.1) is 22.9 Å². The molecule has 0 amide bonds. The van der Waals surface area contributed by atoms with Crippen LogP contribution in [0.1, 0.15) is 143 Å². The maximum absolute atomic E-state index is 17.2. The third-order valence-corrected chi connectivity index (χ3v) is 13.3. The van der Waals surface area contributed by atoms with E-state index in [1.807, 2.05) is 39.5 Å². The van der Waals surface area contributed by atoms with Crippen LogP contribution in [0.25, 0.3) is 15.7 Å². The van der Waals surface area contributed by atoms with Crippen molar-refractivity contribution in [1.29, 1.82) is 5.26 Å². The van der Waals surface area contributed by atoms with E-state index in [0.29, 0.717) is 29.5 Å². The Balaban J connectivity index is 0.000000593. The number of rotatable bonds is 14. The van der Waals surface area contributed by atoms with Crippen LogP contribution in [-0.4, -0.2) is 66.3 Å². The van der Waals surface area contributed by atoms with E-state index in [2.05, 4.69) is 43.3 Å². The van der Waals surface area contributed by atoms with E-state index < -0.39 is 29.0 Å². The summed E-state index contributed by atoms with van der Waals surface area (Å²) in [4.78, 5) is 19.4. The van der Waals surface area contributed by atoms with Crippen molar-refractivity contribution < 1.29 is 31.5 Å². The predicted octanol–water partition coefficient (Wildman–Crippen LogP) is 14.0. The van der Waals surface area contributed by atoms with Crippen molar-refractivity contribution in [2.24, 2.45) is 16.8 Å². The second-order valence-electron chi connectivity index (χ2n) is 16.7. The Hall–Kier alpha value is -4.08. The van der Waals surface area contributed by atoms with Crippen LogP contribution in [0.2, 0.25) is 0 Å². The zero-order valence-corrected chi connectivity index (χ0v) is 39.0. The summed E-state index contributed by atoms with van der Waals surface area (Å²) in [6, 6.07) is 5.22. The number of benzene rings is 1. The number of hydrogen-bond donors (Lipinski definition) is 0. The molecule has 2 aliphatic heterocycles. The number of carbonyl (C=O) groups excluding carboxylic acids is 1. The predicted molar refractivity (Wildman–Crippen MR) is 243 cm³/mol. The molecule has 0 bridgehead atoms. The summed E-state index contributed by atoms with van der Waals surface area (Å²) in [7, 11) is 1.37. The molecule has 4 atom stereocenters. The van der Waals surface area contributed by atoms with Crippen LogP contribution < -0.4 is 0 Å². The molecule has 6 nitrogen and oxygen atoms in total. The SMILES string of the molecule is C=CC(C)=O.CC/C=C(/N=C1/C(F)=C(c2ccc(F)c3sc(C(C)C)c(C#N)c23)C(C(F)(F)F)=C/C1=C(/C)N(CC)C(CC)CCC(C)CC)OC.C[C@@H]1CC2CCCN2C1. The molecule has 1 aliphatic carbocycles. The smallest absolute Gasteiger partial charge is 0.417 e. The molecule has 0 spiro atoms. The van der Waals surface area contributed by atoms with Gasteiger partial charge in [-0.3, -0.25) is 4.79 Å². The molecule has 12 heteroatoms. The van der Waals surface area contributed by atoms with Gasteiger partial charge in [0.1, 0.15) is 17.6 Å². The zero-order chi connectivity index (χ0) is 45.8. The molecule has 5 rings (SSSR count). The second kappa shape index (κ2) is 23.4. The first-order chi connectivity index (χ1) is 28.8. The van der Waals surface area contributed by atoms with Gasteiger partial charge in [-0.25, -0.2) is 13.8 Å². The summed E-state index contributed by atoms with van der Waals surface area (Å²) in [5.74, 6) is -0.568. The van der Waals surface area contributed by atoms with Gasteiger partial charge in [-0.2, -0.15) is 18.4 Å². The van der Waals surface area contributed by atoms with Crippen LogP contribution in [0.15, 0.2) is 70.5 Å². The molecule has 336 valence electrons. The van der Waals surface area contributed by atoms with Gasteiger partial charge in [-0.1, -0.05) is 67.5 Å². The Labute approximate surface area is 365 Å².